The molecule has 2 amide bonds. The normalized spacial score (nSPS) is 13.1. The van der Waals surface area contributed by atoms with Crippen LogP contribution in [-0.4, -0.2) is 33.7 Å². The Kier molecular flexibility index (Phi) is 5.94. The summed E-state index contributed by atoms with van der Waals surface area (Å²) in [6, 6.07) is 16.0. The lowest BCUT2D eigenvalue weighted by atomic mass is 10.1. The summed E-state index contributed by atoms with van der Waals surface area (Å²) in [5, 5.41) is 11.0. The Bertz CT molecular complexity index is 1390. The molecule has 5 rings (SSSR count). The molecule has 0 aliphatic heterocycles. The van der Waals surface area contributed by atoms with Crippen molar-refractivity contribution in [1.29, 1.82) is 0 Å². The molecule has 8 heteroatoms. The predicted octanol–water partition coefficient (Wildman–Crippen LogP) is 5.40. The molecule has 0 atom stereocenters. The van der Waals surface area contributed by atoms with E-state index >= 15 is 0 Å². The Balaban J connectivity index is 1.33. The third-order valence-corrected chi connectivity index (χ3v) is 6.07. The first-order valence-corrected chi connectivity index (χ1v) is 11.7. The van der Waals surface area contributed by atoms with Gasteiger partial charge in [0, 0.05) is 34.6 Å². The smallest absolute Gasteiger partial charge is 0.256 e. The first-order chi connectivity index (χ1) is 16.9. The summed E-state index contributed by atoms with van der Waals surface area (Å²) < 4.78 is 6.99. The molecule has 35 heavy (non-hydrogen) atoms. The maximum absolute atomic E-state index is 13.2. The molecule has 0 unspecified atom stereocenters. The topological polar surface area (TPSA) is 98.1 Å². The number of rotatable bonds is 7. The van der Waals surface area contributed by atoms with Crippen LogP contribution < -0.4 is 15.4 Å². The molecule has 1 fully saturated rings. The molecule has 2 heterocycles. The van der Waals surface area contributed by atoms with Gasteiger partial charge in [0.2, 0.25) is 0 Å². The fourth-order valence-electron chi connectivity index (χ4n) is 3.97. The number of fused-ring (bicyclic) bond motifs is 1. The number of hydrogen-bond donors (Lipinski definition) is 2. The van der Waals surface area contributed by atoms with E-state index in [4.69, 9.17) is 9.72 Å². The van der Waals surface area contributed by atoms with E-state index in [1.54, 1.807) is 61.8 Å². The molecule has 2 aromatic carbocycles. The number of carbonyl (C=O) groups is 2. The molecular weight excluding hydrogens is 442 g/mol. The molecule has 0 saturated heterocycles. The van der Waals surface area contributed by atoms with Crippen molar-refractivity contribution in [2.45, 2.75) is 38.6 Å². The molecule has 0 bridgehead atoms. The van der Waals surface area contributed by atoms with E-state index in [1.807, 2.05) is 24.6 Å². The maximum atomic E-state index is 13.2. The average molecular weight is 470 g/mol. The highest BCUT2D eigenvalue weighted by molar-refractivity contribution is 6.12. The Labute approximate surface area is 203 Å². The van der Waals surface area contributed by atoms with Gasteiger partial charge >= 0.3 is 0 Å². The predicted molar refractivity (Wildman–Crippen MR) is 135 cm³/mol. The molecule has 2 aromatic heterocycles. The van der Waals surface area contributed by atoms with Crippen molar-refractivity contribution in [2.24, 2.45) is 0 Å². The van der Waals surface area contributed by atoms with Crippen LogP contribution in [0, 0.1) is 0 Å². The Morgan fingerprint density at radius 3 is 2.20 bits per heavy atom. The number of hydrogen-bond acceptors (Lipinski definition) is 5. The quantitative estimate of drug-likeness (QED) is 0.377. The van der Waals surface area contributed by atoms with Crippen molar-refractivity contribution in [3.05, 3.63) is 77.6 Å². The van der Waals surface area contributed by atoms with Crippen LogP contribution >= 0.6 is 0 Å². The average Bonchev–Trinajstić information content (AvgIpc) is 3.62. The Morgan fingerprint density at radius 2 is 1.60 bits per heavy atom. The zero-order valence-corrected chi connectivity index (χ0v) is 19.9. The number of amides is 2. The second kappa shape index (κ2) is 9.21. The van der Waals surface area contributed by atoms with Crippen LogP contribution in [0.15, 0.2) is 60.8 Å². The van der Waals surface area contributed by atoms with Crippen LogP contribution in [0.5, 0.6) is 5.75 Å². The molecule has 4 aromatic rings. The molecule has 1 aliphatic rings. The monoisotopic (exact) mass is 469 g/mol. The highest BCUT2D eigenvalue weighted by Crippen LogP contribution is 2.40. The van der Waals surface area contributed by atoms with Gasteiger partial charge < -0.3 is 15.4 Å². The fourth-order valence-corrected chi connectivity index (χ4v) is 3.97. The van der Waals surface area contributed by atoms with Gasteiger partial charge in [0.15, 0.2) is 5.65 Å². The standard InChI is InChI=1S/C27H27N5O3/c1-16(2)32-25-23(15-28-32)22(14-24(31-25)17-4-5-17)27(34)30-19-8-6-18(7-9-19)26(33)29-20-10-12-21(35-3)13-11-20/h6-17H,4-5H2,1-3H3,(H,29,33)(H,30,34). The maximum Gasteiger partial charge on any atom is 0.256 e. The lowest BCUT2D eigenvalue weighted by Crippen LogP contribution is -2.15. The van der Waals surface area contributed by atoms with E-state index in [9.17, 15) is 9.59 Å². The number of nitrogens with zero attached hydrogens (tertiary/aromatic N) is 3. The number of pyridine rings is 1. The summed E-state index contributed by atoms with van der Waals surface area (Å²) in [6.45, 7) is 4.09. The van der Waals surface area contributed by atoms with Gasteiger partial charge in [-0.25, -0.2) is 9.67 Å². The molecule has 0 radical (unpaired) electrons. The Morgan fingerprint density at radius 1 is 0.971 bits per heavy atom. The third kappa shape index (κ3) is 4.73. The minimum Gasteiger partial charge on any atom is -0.497 e. The molecule has 8 nitrogen and oxygen atoms in total. The van der Waals surface area contributed by atoms with Gasteiger partial charge in [-0.05, 0) is 81.3 Å². The lowest BCUT2D eigenvalue weighted by Gasteiger charge is -2.11. The molecule has 2 N–H and O–H groups in total. The van der Waals surface area contributed by atoms with Crippen LogP contribution in [-0.2, 0) is 0 Å². The Hall–Kier alpha value is -4.20. The number of carbonyl (C=O) groups excluding carboxylic acids is 2. The van der Waals surface area contributed by atoms with Crippen LogP contribution in [0.25, 0.3) is 11.0 Å². The van der Waals surface area contributed by atoms with Crippen molar-refractivity contribution < 1.29 is 14.3 Å². The SMILES string of the molecule is COc1ccc(NC(=O)c2ccc(NC(=O)c3cc(C4CC4)nc4c3cnn4C(C)C)cc2)cc1. The van der Waals surface area contributed by atoms with Gasteiger partial charge in [-0.15, -0.1) is 0 Å². The molecule has 0 spiro atoms. The van der Waals surface area contributed by atoms with Crippen molar-refractivity contribution >= 4 is 34.2 Å². The van der Waals surface area contributed by atoms with Crippen molar-refractivity contribution in [1.82, 2.24) is 14.8 Å². The highest BCUT2D eigenvalue weighted by atomic mass is 16.5. The number of anilines is 2. The summed E-state index contributed by atoms with van der Waals surface area (Å²) in [5.41, 5.74) is 3.99. The number of benzene rings is 2. The van der Waals surface area contributed by atoms with E-state index < -0.39 is 0 Å². The highest BCUT2D eigenvalue weighted by Gasteiger charge is 2.28. The van der Waals surface area contributed by atoms with Gasteiger partial charge in [-0.3, -0.25) is 9.59 Å². The van der Waals surface area contributed by atoms with Crippen molar-refractivity contribution in [3.63, 3.8) is 0 Å². The number of ether oxygens (including phenoxy) is 1. The van der Waals surface area contributed by atoms with Crippen molar-refractivity contribution in [2.75, 3.05) is 17.7 Å². The van der Waals surface area contributed by atoms with Crippen LogP contribution in [0.1, 0.15) is 65.1 Å². The van der Waals surface area contributed by atoms with E-state index in [-0.39, 0.29) is 17.9 Å². The van der Waals surface area contributed by atoms with E-state index in [0.29, 0.717) is 28.4 Å². The van der Waals surface area contributed by atoms with Crippen LogP contribution in [0.2, 0.25) is 0 Å². The minimum atomic E-state index is -0.237. The molecule has 1 aliphatic carbocycles. The van der Waals surface area contributed by atoms with Crippen LogP contribution in [0.3, 0.4) is 0 Å². The minimum absolute atomic E-state index is 0.141. The van der Waals surface area contributed by atoms with Gasteiger partial charge in [0.05, 0.1) is 24.3 Å². The van der Waals surface area contributed by atoms with Gasteiger partial charge in [0.25, 0.3) is 11.8 Å². The summed E-state index contributed by atoms with van der Waals surface area (Å²) >= 11 is 0. The molecular formula is C27H27N5O3. The zero-order valence-electron chi connectivity index (χ0n) is 19.9. The van der Waals surface area contributed by atoms with E-state index in [1.165, 1.54) is 0 Å². The fraction of sp³-hybridized carbons (Fsp3) is 0.259. The van der Waals surface area contributed by atoms with Gasteiger partial charge in [-0.1, -0.05) is 0 Å². The number of nitrogens with one attached hydrogen (secondary N) is 2. The lowest BCUT2D eigenvalue weighted by molar-refractivity contribution is 0.102. The number of methoxy groups -OCH3 is 1. The van der Waals surface area contributed by atoms with Gasteiger partial charge in [-0.2, -0.15) is 5.10 Å². The van der Waals surface area contributed by atoms with E-state index in [2.05, 4.69) is 15.7 Å². The zero-order chi connectivity index (χ0) is 24.5. The second-order valence-corrected chi connectivity index (χ2v) is 9.00. The molecule has 178 valence electrons. The summed E-state index contributed by atoms with van der Waals surface area (Å²) in [6.07, 6.45) is 3.89. The molecule has 1 saturated carbocycles. The first-order valence-electron chi connectivity index (χ1n) is 11.7. The summed E-state index contributed by atoms with van der Waals surface area (Å²) in [7, 11) is 1.59. The second-order valence-electron chi connectivity index (χ2n) is 9.00. The van der Waals surface area contributed by atoms with Crippen LogP contribution in [0.4, 0.5) is 11.4 Å². The third-order valence-electron chi connectivity index (χ3n) is 6.07. The number of aromatic nitrogens is 3. The summed E-state index contributed by atoms with van der Waals surface area (Å²) in [5.74, 6) is 0.664. The first kappa shape index (κ1) is 22.6. The van der Waals surface area contributed by atoms with Gasteiger partial charge in [0.1, 0.15) is 5.75 Å². The van der Waals surface area contributed by atoms with Crippen molar-refractivity contribution in [3.8, 4) is 5.75 Å². The van der Waals surface area contributed by atoms with E-state index in [0.717, 1.165) is 35.3 Å². The summed E-state index contributed by atoms with van der Waals surface area (Å²) in [4.78, 5) is 30.7. The largest absolute Gasteiger partial charge is 0.497 e.